The number of benzene rings is 2. The van der Waals surface area contributed by atoms with Crippen LogP contribution in [0.2, 0.25) is 0 Å². The summed E-state index contributed by atoms with van der Waals surface area (Å²) in [5.74, 6) is -0.683. The van der Waals surface area contributed by atoms with Crippen LogP contribution < -0.4 is 5.32 Å². The second-order valence-electron chi connectivity index (χ2n) is 7.83. The topological polar surface area (TPSA) is 46.2 Å². The first kappa shape index (κ1) is 25.7. The summed E-state index contributed by atoms with van der Waals surface area (Å²) < 4.78 is 132. The van der Waals surface area contributed by atoms with E-state index in [0.29, 0.717) is 12.1 Å². The van der Waals surface area contributed by atoms with Gasteiger partial charge < -0.3 is 5.32 Å². The fourth-order valence-electron chi connectivity index (χ4n) is 4.72. The molecule has 0 spiro atoms. The molecule has 0 saturated carbocycles. The first-order chi connectivity index (χ1) is 14.7. The minimum absolute atomic E-state index is 0. The van der Waals surface area contributed by atoms with Crippen LogP contribution in [0.15, 0.2) is 47.4 Å². The standard InChI is InChI=1S/C20H15F8NO2S.ClH/c21-13-2-4-14(5-3-13)32(30,31)17-7-8-29-16(17)10-11-9-12(1-6-15(11)17)18(22,19(23,24)25)20(26,27)28;/h1-6,9,16,29H,7-8,10H2;1H. The molecule has 4 rings (SSSR count). The van der Waals surface area contributed by atoms with Crippen molar-refractivity contribution >= 4 is 22.2 Å². The van der Waals surface area contributed by atoms with E-state index in [0.717, 1.165) is 30.3 Å². The Balaban J connectivity index is 0.00000306. The van der Waals surface area contributed by atoms with E-state index >= 15 is 0 Å². The molecular formula is C20H16ClF8NO2S. The molecule has 2 aromatic carbocycles. The molecule has 13 heteroatoms. The van der Waals surface area contributed by atoms with Crippen LogP contribution in [0.3, 0.4) is 0 Å². The summed E-state index contributed by atoms with van der Waals surface area (Å²) in [5.41, 5.74) is -7.39. The minimum Gasteiger partial charge on any atom is -0.312 e. The number of alkyl halides is 7. The van der Waals surface area contributed by atoms with Crippen LogP contribution >= 0.6 is 12.4 Å². The summed E-state index contributed by atoms with van der Waals surface area (Å²) >= 11 is 0. The predicted octanol–water partition coefficient (Wildman–Crippen LogP) is 5.12. The quantitative estimate of drug-likeness (QED) is 0.450. The highest BCUT2D eigenvalue weighted by atomic mass is 35.5. The van der Waals surface area contributed by atoms with Gasteiger partial charge >= 0.3 is 18.0 Å². The van der Waals surface area contributed by atoms with E-state index < -0.39 is 50.0 Å². The summed E-state index contributed by atoms with van der Waals surface area (Å²) in [4.78, 5) is -0.241. The Morgan fingerprint density at radius 3 is 2.03 bits per heavy atom. The average molecular weight is 522 g/mol. The molecule has 0 radical (unpaired) electrons. The van der Waals surface area contributed by atoms with Gasteiger partial charge in [0.1, 0.15) is 10.6 Å². The molecule has 1 saturated heterocycles. The van der Waals surface area contributed by atoms with Crippen molar-refractivity contribution in [2.24, 2.45) is 0 Å². The van der Waals surface area contributed by atoms with Gasteiger partial charge in [0.25, 0.3) is 0 Å². The first-order valence-corrected chi connectivity index (χ1v) is 10.8. The predicted molar refractivity (Wildman–Crippen MR) is 104 cm³/mol. The van der Waals surface area contributed by atoms with Gasteiger partial charge in [0.15, 0.2) is 9.84 Å². The summed E-state index contributed by atoms with van der Waals surface area (Å²) in [6, 6.07) is 4.70. The lowest BCUT2D eigenvalue weighted by atomic mass is 9.90. The summed E-state index contributed by atoms with van der Waals surface area (Å²) in [6.07, 6.45) is -12.8. The van der Waals surface area contributed by atoms with E-state index in [1.165, 1.54) is 0 Å². The fraction of sp³-hybridized carbons (Fsp3) is 0.400. The minimum atomic E-state index is -6.27. The molecule has 1 aliphatic carbocycles. The monoisotopic (exact) mass is 521 g/mol. The van der Waals surface area contributed by atoms with Gasteiger partial charge in [-0.2, -0.15) is 26.3 Å². The maximum Gasteiger partial charge on any atom is 0.435 e. The normalized spacial score (nSPS) is 23.1. The van der Waals surface area contributed by atoms with Crippen molar-refractivity contribution in [3.8, 4) is 0 Å². The zero-order chi connectivity index (χ0) is 23.7. The van der Waals surface area contributed by atoms with Crippen molar-refractivity contribution in [1.29, 1.82) is 0 Å². The second-order valence-corrected chi connectivity index (χ2v) is 10.0. The average Bonchev–Trinajstić information content (AvgIpc) is 3.23. The smallest absolute Gasteiger partial charge is 0.312 e. The van der Waals surface area contributed by atoms with Crippen molar-refractivity contribution in [2.45, 2.75) is 46.5 Å². The molecule has 2 atom stereocenters. The van der Waals surface area contributed by atoms with Crippen LogP contribution in [-0.2, 0) is 26.7 Å². The summed E-state index contributed by atoms with van der Waals surface area (Å²) in [7, 11) is -4.24. The molecule has 33 heavy (non-hydrogen) atoms. The Morgan fingerprint density at radius 1 is 0.909 bits per heavy atom. The number of nitrogens with one attached hydrogen (secondary N) is 1. The number of hydrogen-bond donors (Lipinski definition) is 1. The summed E-state index contributed by atoms with van der Waals surface area (Å²) in [5, 5.41) is 2.92. The Kier molecular flexibility index (Phi) is 6.08. The van der Waals surface area contributed by atoms with Crippen LogP contribution in [0, 0.1) is 5.82 Å². The van der Waals surface area contributed by atoms with Crippen LogP contribution in [0.25, 0.3) is 0 Å². The van der Waals surface area contributed by atoms with Gasteiger partial charge in [-0.3, -0.25) is 0 Å². The van der Waals surface area contributed by atoms with Crippen LogP contribution in [0.4, 0.5) is 35.1 Å². The molecule has 0 bridgehead atoms. The Bertz CT molecular complexity index is 1150. The lowest BCUT2D eigenvalue weighted by Gasteiger charge is -2.32. The zero-order valence-electron chi connectivity index (χ0n) is 16.4. The Hall–Kier alpha value is -1.92. The number of sulfone groups is 1. The highest BCUT2D eigenvalue weighted by Gasteiger charge is 2.73. The van der Waals surface area contributed by atoms with Crippen molar-refractivity contribution in [3.63, 3.8) is 0 Å². The number of rotatable bonds is 3. The SMILES string of the molecule is Cl.O=S(=O)(c1ccc(F)cc1)C12CCNC1Cc1cc(C(F)(C(F)(F)F)C(F)(F)F)ccc12. The van der Waals surface area contributed by atoms with Gasteiger partial charge in [0, 0.05) is 11.6 Å². The van der Waals surface area contributed by atoms with E-state index in [2.05, 4.69) is 5.32 Å². The maximum absolute atomic E-state index is 14.5. The Labute approximate surface area is 189 Å². The third-order valence-electron chi connectivity index (χ3n) is 6.22. The zero-order valence-corrected chi connectivity index (χ0v) is 18.0. The van der Waals surface area contributed by atoms with Gasteiger partial charge in [-0.15, -0.1) is 12.4 Å². The molecule has 0 aromatic heterocycles. The molecule has 1 heterocycles. The van der Waals surface area contributed by atoms with E-state index in [4.69, 9.17) is 0 Å². The fourth-order valence-corrected chi connectivity index (χ4v) is 7.03. The molecular weight excluding hydrogens is 506 g/mol. The third kappa shape index (κ3) is 3.44. The highest BCUT2D eigenvalue weighted by molar-refractivity contribution is 7.92. The molecule has 3 nitrogen and oxygen atoms in total. The molecule has 0 amide bonds. The number of fused-ring (bicyclic) bond motifs is 3. The van der Waals surface area contributed by atoms with Crippen LogP contribution in [0.1, 0.15) is 23.1 Å². The Morgan fingerprint density at radius 2 is 1.48 bits per heavy atom. The molecule has 2 aromatic rings. The molecule has 1 aliphatic heterocycles. The van der Waals surface area contributed by atoms with Crippen molar-refractivity contribution in [1.82, 2.24) is 5.32 Å². The van der Waals surface area contributed by atoms with E-state index in [-0.39, 0.29) is 47.8 Å². The van der Waals surface area contributed by atoms with Crippen molar-refractivity contribution in [3.05, 3.63) is 65.0 Å². The lowest BCUT2D eigenvalue weighted by Crippen LogP contribution is -2.50. The second kappa shape index (κ2) is 7.81. The third-order valence-corrected chi connectivity index (χ3v) is 8.78. The van der Waals surface area contributed by atoms with Crippen LogP contribution in [-0.4, -0.2) is 33.4 Å². The van der Waals surface area contributed by atoms with Gasteiger partial charge in [0.2, 0.25) is 0 Å². The molecule has 182 valence electrons. The van der Waals surface area contributed by atoms with Crippen molar-refractivity contribution in [2.75, 3.05) is 6.54 Å². The lowest BCUT2D eigenvalue weighted by molar-refractivity contribution is -0.348. The molecule has 1 N–H and O–H groups in total. The van der Waals surface area contributed by atoms with Crippen molar-refractivity contribution < 1.29 is 43.5 Å². The molecule has 1 fully saturated rings. The van der Waals surface area contributed by atoms with E-state index in [1.54, 1.807) is 0 Å². The van der Waals surface area contributed by atoms with E-state index in [1.807, 2.05) is 0 Å². The first-order valence-electron chi connectivity index (χ1n) is 9.36. The molecule has 2 aliphatic rings. The van der Waals surface area contributed by atoms with Gasteiger partial charge in [-0.05, 0) is 54.8 Å². The molecule has 2 unspecified atom stereocenters. The number of halogens is 9. The van der Waals surface area contributed by atoms with Gasteiger partial charge in [-0.25, -0.2) is 17.2 Å². The van der Waals surface area contributed by atoms with E-state index in [9.17, 15) is 43.5 Å². The summed E-state index contributed by atoms with van der Waals surface area (Å²) in [6.45, 7) is 0.227. The largest absolute Gasteiger partial charge is 0.435 e. The number of hydrogen-bond acceptors (Lipinski definition) is 3. The van der Waals surface area contributed by atoms with Crippen LogP contribution in [0.5, 0.6) is 0 Å². The highest BCUT2D eigenvalue weighted by Crippen LogP contribution is 2.56. The van der Waals surface area contributed by atoms with Gasteiger partial charge in [-0.1, -0.05) is 18.2 Å². The van der Waals surface area contributed by atoms with Gasteiger partial charge in [0.05, 0.1) is 4.90 Å². The maximum atomic E-state index is 14.5.